The van der Waals surface area contributed by atoms with Crippen LogP contribution in [0.2, 0.25) is 0 Å². The molecular formula is C19H26FN3O4S2. The molecule has 0 amide bonds. The first-order chi connectivity index (χ1) is 13.8. The van der Waals surface area contributed by atoms with E-state index in [1.165, 1.54) is 12.1 Å². The first-order valence-corrected chi connectivity index (χ1v) is 11.7. The highest BCUT2D eigenvalue weighted by Crippen LogP contribution is 2.18. The number of thiophene rings is 1. The van der Waals surface area contributed by atoms with Crippen LogP contribution < -0.4 is 10.1 Å². The summed E-state index contributed by atoms with van der Waals surface area (Å²) in [5.41, 5.74) is 0. The van der Waals surface area contributed by atoms with E-state index in [1.54, 1.807) is 41.6 Å². The van der Waals surface area contributed by atoms with Gasteiger partial charge >= 0.3 is 0 Å². The second-order valence-electron chi connectivity index (χ2n) is 6.26. The number of para-hydroxylation sites is 1. The van der Waals surface area contributed by atoms with Crippen molar-refractivity contribution in [3.05, 3.63) is 47.6 Å². The fraction of sp³-hybridized carbons (Fsp3) is 0.421. The Labute approximate surface area is 174 Å². The number of hydrogen-bond acceptors (Lipinski definition) is 6. The number of ether oxygens (including phenoxy) is 1. The zero-order valence-electron chi connectivity index (χ0n) is 16.4. The van der Waals surface area contributed by atoms with Crippen molar-refractivity contribution in [3.8, 4) is 5.75 Å². The Kier molecular flexibility index (Phi) is 8.87. The summed E-state index contributed by atoms with van der Waals surface area (Å²) in [5, 5.41) is 14.9. The van der Waals surface area contributed by atoms with Gasteiger partial charge in [-0.2, -0.15) is 0 Å². The third-order valence-electron chi connectivity index (χ3n) is 3.88. The molecule has 2 aromatic rings. The van der Waals surface area contributed by atoms with Gasteiger partial charge in [-0.1, -0.05) is 18.2 Å². The molecule has 1 heterocycles. The van der Waals surface area contributed by atoms with Crippen LogP contribution in [0.5, 0.6) is 5.75 Å². The van der Waals surface area contributed by atoms with Gasteiger partial charge in [-0.3, -0.25) is 4.99 Å². The van der Waals surface area contributed by atoms with Crippen molar-refractivity contribution in [2.24, 2.45) is 4.99 Å². The maximum atomic E-state index is 13.6. The van der Waals surface area contributed by atoms with Gasteiger partial charge in [0.1, 0.15) is 10.8 Å². The molecule has 0 radical (unpaired) electrons. The largest absolute Gasteiger partial charge is 0.489 e. The fourth-order valence-corrected chi connectivity index (χ4v) is 4.92. The molecule has 7 nitrogen and oxygen atoms in total. The molecule has 1 aromatic heterocycles. The average Bonchev–Trinajstić information content (AvgIpc) is 3.22. The van der Waals surface area contributed by atoms with Crippen LogP contribution >= 0.6 is 11.3 Å². The number of nitrogens with one attached hydrogen (secondary N) is 1. The van der Waals surface area contributed by atoms with Crippen molar-refractivity contribution in [1.82, 2.24) is 10.2 Å². The molecule has 2 N–H and O–H groups in total. The standard InChI is InChI=1S/C19H26FN3O4S2/c1-3-21-19(23(2)10-11-27-17-8-5-4-7-16(17)20)22-13-15(24)14-29(25,26)18-9-6-12-28-18/h4-9,12,15,24H,3,10-11,13-14H2,1-2H3,(H,21,22). The zero-order chi connectivity index (χ0) is 21.3. The number of halogens is 1. The zero-order valence-corrected chi connectivity index (χ0v) is 18.0. The molecule has 0 saturated heterocycles. The van der Waals surface area contributed by atoms with Gasteiger partial charge in [0.25, 0.3) is 0 Å². The molecule has 0 spiro atoms. The number of likely N-dealkylation sites (N-methyl/N-ethyl adjacent to an activating group) is 1. The molecular weight excluding hydrogens is 417 g/mol. The van der Waals surface area contributed by atoms with Gasteiger partial charge < -0.3 is 20.1 Å². The number of nitrogens with zero attached hydrogens (tertiary/aromatic N) is 2. The number of aliphatic hydroxyl groups is 1. The number of benzene rings is 1. The van der Waals surface area contributed by atoms with Crippen LogP contribution in [0.1, 0.15) is 6.92 Å². The summed E-state index contributed by atoms with van der Waals surface area (Å²) >= 11 is 1.12. The molecule has 0 saturated carbocycles. The summed E-state index contributed by atoms with van der Waals surface area (Å²) in [7, 11) is -1.76. The minimum Gasteiger partial charge on any atom is -0.489 e. The number of rotatable bonds is 10. The van der Waals surface area contributed by atoms with E-state index in [0.717, 1.165) is 11.3 Å². The summed E-state index contributed by atoms with van der Waals surface area (Å²) in [6.07, 6.45) is -1.13. The van der Waals surface area contributed by atoms with E-state index in [0.29, 0.717) is 19.0 Å². The number of guanidine groups is 1. The predicted molar refractivity (Wildman–Crippen MR) is 113 cm³/mol. The summed E-state index contributed by atoms with van der Waals surface area (Å²) < 4.78 is 43.7. The van der Waals surface area contributed by atoms with Crippen LogP contribution in [0.4, 0.5) is 4.39 Å². The van der Waals surface area contributed by atoms with Crippen LogP contribution in [0.3, 0.4) is 0 Å². The van der Waals surface area contributed by atoms with Crippen molar-refractivity contribution in [3.63, 3.8) is 0 Å². The Bertz CT molecular complexity index is 889. The third kappa shape index (κ3) is 7.30. The second kappa shape index (κ2) is 11.1. The van der Waals surface area contributed by atoms with Crippen molar-refractivity contribution >= 4 is 27.1 Å². The molecule has 0 aliphatic heterocycles. The van der Waals surface area contributed by atoms with Gasteiger partial charge in [0.05, 0.1) is 24.9 Å². The van der Waals surface area contributed by atoms with E-state index in [4.69, 9.17) is 4.74 Å². The number of aliphatic hydroxyl groups excluding tert-OH is 1. The normalized spacial score (nSPS) is 13.2. The maximum absolute atomic E-state index is 13.6. The highest BCUT2D eigenvalue weighted by atomic mass is 32.2. The topological polar surface area (TPSA) is 91.2 Å². The molecule has 0 fully saturated rings. The second-order valence-corrected chi connectivity index (χ2v) is 9.47. The Morgan fingerprint density at radius 3 is 2.76 bits per heavy atom. The lowest BCUT2D eigenvalue weighted by Gasteiger charge is -2.22. The molecule has 29 heavy (non-hydrogen) atoms. The van der Waals surface area contributed by atoms with Crippen LogP contribution in [0.15, 0.2) is 51.0 Å². The summed E-state index contributed by atoms with van der Waals surface area (Å²) in [4.78, 5) is 6.08. The lowest BCUT2D eigenvalue weighted by molar-refractivity contribution is 0.205. The molecule has 0 aliphatic carbocycles. The molecule has 0 aliphatic rings. The monoisotopic (exact) mass is 443 g/mol. The highest BCUT2D eigenvalue weighted by Gasteiger charge is 2.21. The van der Waals surface area contributed by atoms with E-state index >= 15 is 0 Å². The molecule has 1 atom stereocenters. The lowest BCUT2D eigenvalue weighted by atomic mass is 10.3. The van der Waals surface area contributed by atoms with Crippen LogP contribution in [0, 0.1) is 5.82 Å². The van der Waals surface area contributed by atoms with Crippen molar-refractivity contribution in [1.29, 1.82) is 0 Å². The molecule has 10 heteroatoms. The lowest BCUT2D eigenvalue weighted by Crippen LogP contribution is -2.41. The quantitative estimate of drug-likeness (QED) is 0.431. The summed E-state index contributed by atoms with van der Waals surface area (Å²) in [5.74, 6) is -0.142. The average molecular weight is 444 g/mol. The molecule has 160 valence electrons. The highest BCUT2D eigenvalue weighted by molar-refractivity contribution is 7.93. The SMILES string of the molecule is CCNC(=NCC(O)CS(=O)(=O)c1cccs1)N(C)CCOc1ccccc1F. The predicted octanol–water partition coefficient (Wildman–Crippen LogP) is 2.00. The van der Waals surface area contributed by atoms with E-state index in [1.807, 2.05) is 6.92 Å². The van der Waals surface area contributed by atoms with Crippen LogP contribution in [-0.4, -0.2) is 69.5 Å². The Morgan fingerprint density at radius 1 is 1.34 bits per heavy atom. The Morgan fingerprint density at radius 2 is 2.10 bits per heavy atom. The maximum Gasteiger partial charge on any atom is 0.193 e. The van der Waals surface area contributed by atoms with E-state index < -0.39 is 27.5 Å². The van der Waals surface area contributed by atoms with Gasteiger partial charge in [0.2, 0.25) is 0 Å². The van der Waals surface area contributed by atoms with Gasteiger partial charge in [-0.05, 0) is 30.5 Å². The number of hydrogen-bond donors (Lipinski definition) is 2. The van der Waals surface area contributed by atoms with Gasteiger partial charge in [0.15, 0.2) is 27.4 Å². The third-order valence-corrected chi connectivity index (χ3v) is 7.17. The molecule has 1 unspecified atom stereocenters. The first-order valence-electron chi connectivity index (χ1n) is 9.14. The molecule has 1 aromatic carbocycles. The van der Waals surface area contributed by atoms with E-state index in [2.05, 4.69) is 10.3 Å². The van der Waals surface area contributed by atoms with Crippen LogP contribution in [-0.2, 0) is 9.84 Å². The minimum atomic E-state index is -3.54. The number of aliphatic imine (C=N–C) groups is 1. The molecule has 0 bridgehead atoms. The van der Waals surface area contributed by atoms with Gasteiger partial charge in [-0.25, -0.2) is 12.8 Å². The summed E-state index contributed by atoms with van der Waals surface area (Å²) in [6, 6.07) is 9.34. The first kappa shape index (κ1) is 23.1. The van der Waals surface area contributed by atoms with Crippen molar-refractivity contribution in [2.45, 2.75) is 17.2 Å². The van der Waals surface area contributed by atoms with Crippen LogP contribution in [0.25, 0.3) is 0 Å². The van der Waals surface area contributed by atoms with Gasteiger partial charge in [-0.15, -0.1) is 11.3 Å². The van der Waals surface area contributed by atoms with Gasteiger partial charge in [0, 0.05) is 13.6 Å². The van der Waals surface area contributed by atoms with Crippen molar-refractivity contribution < 1.29 is 22.7 Å². The molecule has 2 rings (SSSR count). The minimum absolute atomic E-state index is 0.0640. The number of sulfone groups is 1. The Hall–Kier alpha value is -2.17. The Balaban J connectivity index is 1.89. The smallest absolute Gasteiger partial charge is 0.193 e. The van der Waals surface area contributed by atoms with E-state index in [-0.39, 0.29) is 23.1 Å². The van der Waals surface area contributed by atoms with E-state index in [9.17, 15) is 17.9 Å². The fourth-order valence-electron chi connectivity index (χ4n) is 2.45. The summed E-state index contributed by atoms with van der Waals surface area (Å²) in [6.45, 7) is 3.09. The van der Waals surface area contributed by atoms with Crippen molar-refractivity contribution in [2.75, 3.05) is 39.0 Å².